The van der Waals surface area contributed by atoms with Crippen molar-refractivity contribution < 1.29 is 19.1 Å². The van der Waals surface area contributed by atoms with Crippen molar-refractivity contribution in [3.63, 3.8) is 0 Å². The fourth-order valence-corrected chi connectivity index (χ4v) is 5.37. The molecule has 3 rings (SSSR count). The van der Waals surface area contributed by atoms with Gasteiger partial charge < -0.3 is 19.7 Å². The molecule has 186 valence electrons. The van der Waals surface area contributed by atoms with Gasteiger partial charge in [0, 0.05) is 32.2 Å². The summed E-state index contributed by atoms with van der Waals surface area (Å²) in [7, 11) is 3.40. The molecular weight excluding hydrogens is 424 g/mol. The number of likely N-dealkylation sites (tertiary alicyclic amines) is 1. The molecule has 1 saturated carbocycles. The van der Waals surface area contributed by atoms with E-state index in [1.807, 2.05) is 7.05 Å². The number of carbonyl (C=O) groups is 2. The Hall–Kier alpha value is -1.93. The molecule has 2 N–H and O–H groups in total. The van der Waals surface area contributed by atoms with E-state index in [0.717, 1.165) is 38.8 Å². The minimum atomic E-state index is -0.795. The second-order valence-corrected chi connectivity index (χ2v) is 9.43. The van der Waals surface area contributed by atoms with Crippen LogP contribution in [-0.2, 0) is 14.3 Å². The Morgan fingerprint density at radius 3 is 2.48 bits per heavy atom. The SMILES string of the molecule is CCN(C1CCCCC1C(=O)NC1(C#N)CCN(C)CC1)C(NC(=O)OC)N1CCOCC1. The van der Waals surface area contributed by atoms with Crippen LogP contribution in [0.15, 0.2) is 0 Å². The van der Waals surface area contributed by atoms with Crippen LogP contribution >= 0.6 is 0 Å². The maximum atomic E-state index is 13.6. The third-order valence-electron chi connectivity index (χ3n) is 7.41. The first kappa shape index (κ1) is 25.7. The van der Waals surface area contributed by atoms with E-state index in [0.29, 0.717) is 45.7 Å². The number of amides is 2. The minimum absolute atomic E-state index is 0.0317. The summed E-state index contributed by atoms with van der Waals surface area (Å²) < 4.78 is 10.4. The van der Waals surface area contributed by atoms with Crippen molar-refractivity contribution in [1.29, 1.82) is 5.26 Å². The topological polar surface area (TPSA) is 110 Å². The first-order valence-electron chi connectivity index (χ1n) is 12.3. The molecule has 33 heavy (non-hydrogen) atoms. The van der Waals surface area contributed by atoms with Crippen molar-refractivity contribution in [2.75, 3.05) is 60.1 Å². The Kier molecular flexibility index (Phi) is 9.32. The molecule has 0 spiro atoms. The van der Waals surface area contributed by atoms with Gasteiger partial charge >= 0.3 is 6.09 Å². The normalized spacial score (nSPS) is 27.4. The summed E-state index contributed by atoms with van der Waals surface area (Å²) in [6, 6.07) is 2.37. The Bertz CT molecular complexity index is 700. The second kappa shape index (κ2) is 12.0. The van der Waals surface area contributed by atoms with Crippen LogP contribution in [0.4, 0.5) is 4.79 Å². The largest absolute Gasteiger partial charge is 0.453 e. The summed E-state index contributed by atoms with van der Waals surface area (Å²) >= 11 is 0. The molecule has 2 aliphatic heterocycles. The standard InChI is InChI=1S/C23H40N6O4/c1-4-29(21(25-22(31)32-3)28-13-15-33-16-14-28)19-8-6-5-7-18(19)20(30)26-23(17-24)9-11-27(2)12-10-23/h18-19,21H,4-16H2,1-3H3,(H,25,31)(H,26,30). The van der Waals surface area contributed by atoms with Crippen LogP contribution < -0.4 is 10.6 Å². The van der Waals surface area contributed by atoms with Crippen LogP contribution in [-0.4, -0.2) is 105 Å². The zero-order valence-electron chi connectivity index (χ0n) is 20.3. The molecular formula is C23H40N6O4. The molecule has 3 fully saturated rings. The smallest absolute Gasteiger partial charge is 0.409 e. The monoisotopic (exact) mass is 464 g/mol. The van der Waals surface area contributed by atoms with Gasteiger partial charge in [0.1, 0.15) is 11.8 Å². The minimum Gasteiger partial charge on any atom is -0.453 e. The van der Waals surface area contributed by atoms with E-state index in [2.05, 4.69) is 38.3 Å². The third-order valence-corrected chi connectivity index (χ3v) is 7.41. The molecule has 3 aliphatic rings. The second-order valence-electron chi connectivity index (χ2n) is 9.43. The molecule has 0 aromatic heterocycles. The van der Waals surface area contributed by atoms with Crippen LogP contribution in [0, 0.1) is 17.2 Å². The molecule has 2 heterocycles. The lowest BCUT2D eigenvalue weighted by Crippen LogP contribution is -2.65. The lowest BCUT2D eigenvalue weighted by molar-refractivity contribution is -0.133. The zero-order chi connectivity index (χ0) is 23.8. The maximum absolute atomic E-state index is 13.6. The fraction of sp³-hybridized carbons (Fsp3) is 0.870. The Morgan fingerprint density at radius 2 is 1.88 bits per heavy atom. The average molecular weight is 465 g/mol. The van der Waals surface area contributed by atoms with E-state index in [-0.39, 0.29) is 24.2 Å². The van der Waals surface area contributed by atoms with Gasteiger partial charge in [-0.1, -0.05) is 19.8 Å². The highest BCUT2D eigenvalue weighted by atomic mass is 16.5. The number of morpholine rings is 1. The summed E-state index contributed by atoms with van der Waals surface area (Å²) in [4.78, 5) is 32.4. The van der Waals surface area contributed by atoms with Gasteiger partial charge in [0.25, 0.3) is 0 Å². The number of alkyl carbamates (subject to hydrolysis) is 1. The van der Waals surface area contributed by atoms with Gasteiger partial charge in [-0.2, -0.15) is 5.26 Å². The Morgan fingerprint density at radius 1 is 1.21 bits per heavy atom. The van der Waals surface area contributed by atoms with E-state index in [9.17, 15) is 14.9 Å². The molecule has 0 aromatic rings. The summed E-state index contributed by atoms with van der Waals surface area (Å²) in [5.74, 6) is -0.269. The molecule has 0 bridgehead atoms. The van der Waals surface area contributed by atoms with Crippen LogP contribution in [0.2, 0.25) is 0 Å². The molecule has 3 atom stereocenters. The number of nitrogens with zero attached hydrogens (tertiary/aromatic N) is 4. The maximum Gasteiger partial charge on any atom is 0.409 e. The number of nitriles is 1. The predicted molar refractivity (Wildman–Crippen MR) is 123 cm³/mol. The van der Waals surface area contributed by atoms with Crippen molar-refractivity contribution in [3.8, 4) is 6.07 Å². The van der Waals surface area contributed by atoms with Crippen molar-refractivity contribution in [3.05, 3.63) is 0 Å². The molecule has 3 unspecified atom stereocenters. The van der Waals surface area contributed by atoms with Gasteiger partial charge in [0.2, 0.25) is 5.91 Å². The third kappa shape index (κ3) is 6.35. The summed E-state index contributed by atoms with van der Waals surface area (Å²) in [5, 5.41) is 16.1. The number of carbonyl (C=O) groups excluding carboxylic acids is 2. The van der Waals surface area contributed by atoms with Gasteiger partial charge in [0.15, 0.2) is 0 Å². The first-order chi connectivity index (χ1) is 15.9. The predicted octanol–water partition coefficient (Wildman–Crippen LogP) is 0.943. The molecule has 2 saturated heterocycles. The average Bonchev–Trinajstić information content (AvgIpc) is 2.86. The first-order valence-corrected chi connectivity index (χ1v) is 12.3. The van der Waals surface area contributed by atoms with Crippen molar-refractivity contribution in [1.82, 2.24) is 25.3 Å². The van der Waals surface area contributed by atoms with E-state index in [1.54, 1.807) is 0 Å². The number of hydrogen-bond donors (Lipinski definition) is 2. The molecule has 1 aliphatic carbocycles. The van der Waals surface area contributed by atoms with Crippen LogP contribution in [0.5, 0.6) is 0 Å². The van der Waals surface area contributed by atoms with Gasteiger partial charge in [0.05, 0.1) is 32.3 Å². The van der Waals surface area contributed by atoms with Crippen LogP contribution in [0.1, 0.15) is 45.4 Å². The molecule has 2 amide bonds. The number of hydrogen-bond acceptors (Lipinski definition) is 8. The number of nitrogens with one attached hydrogen (secondary N) is 2. The Labute approximate surface area is 197 Å². The van der Waals surface area contributed by atoms with Crippen molar-refractivity contribution in [2.45, 2.75) is 63.3 Å². The van der Waals surface area contributed by atoms with Gasteiger partial charge in [-0.05, 0) is 39.3 Å². The number of ether oxygens (including phenoxy) is 2. The lowest BCUT2D eigenvalue weighted by Gasteiger charge is -2.47. The van der Waals surface area contributed by atoms with Crippen molar-refractivity contribution in [2.24, 2.45) is 5.92 Å². The lowest BCUT2D eigenvalue weighted by atomic mass is 9.81. The van der Waals surface area contributed by atoms with E-state index >= 15 is 0 Å². The van der Waals surface area contributed by atoms with Crippen molar-refractivity contribution >= 4 is 12.0 Å². The van der Waals surface area contributed by atoms with Gasteiger partial charge in [-0.15, -0.1) is 0 Å². The highest BCUT2D eigenvalue weighted by molar-refractivity contribution is 5.81. The highest BCUT2D eigenvalue weighted by Gasteiger charge is 2.43. The van der Waals surface area contributed by atoms with Gasteiger partial charge in [-0.3, -0.25) is 19.9 Å². The summed E-state index contributed by atoms with van der Waals surface area (Å²) in [6.45, 7) is 6.92. The molecule has 0 radical (unpaired) electrons. The quantitative estimate of drug-likeness (QED) is 0.536. The highest BCUT2D eigenvalue weighted by Crippen LogP contribution is 2.32. The number of piperidine rings is 1. The van der Waals surface area contributed by atoms with Crippen LogP contribution in [0.25, 0.3) is 0 Å². The number of methoxy groups -OCH3 is 1. The van der Waals surface area contributed by atoms with Crippen LogP contribution in [0.3, 0.4) is 0 Å². The van der Waals surface area contributed by atoms with E-state index < -0.39 is 11.6 Å². The Balaban J connectivity index is 1.79. The van der Waals surface area contributed by atoms with E-state index in [1.165, 1.54) is 7.11 Å². The molecule has 10 heteroatoms. The summed E-state index contributed by atoms with van der Waals surface area (Å²) in [6.07, 6.45) is 4.09. The van der Waals surface area contributed by atoms with E-state index in [4.69, 9.17) is 9.47 Å². The number of rotatable bonds is 7. The van der Waals surface area contributed by atoms with Gasteiger partial charge in [-0.25, -0.2) is 4.79 Å². The fourth-order valence-electron chi connectivity index (χ4n) is 5.37. The molecule has 10 nitrogen and oxygen atoms in total. The summed E-state index contributed by atoms with van der Waals surface area (Å²) in [5.41, 5.74) is -0.795. The zero-order valence-corrected chi connectivity index (χ0v) is 20.3. The molecule has 0 aromatic carbocycles.